The van der Waals surface area contributed by atoms with Gasteiger partial charge in [0, 0.05) is 11.9 Å². The number of benzene rings is 1. The fourth-order valence-electron chi connectivity index (χ4n) is 2.03. The van der Waals surface area contributed by atoms with Crippen molar-refractivity contribution in [2.75, 3.05) is 0 Å². The molecule has 0 aliphatic rings. The van der Waals surface area contributed by atoms with Gasteiger partial charge in [0.1, 0.15) is 0 Å². The molecule has 0 saturated carbocycles. The van der Waals surface area contributed by atoms with Crippen LogP contribution in [0.15, 0.2) is 47.7 Å². The molecule has 0 amide bonds. The van der Waals surface area contributed by atoms with Crippen molar-refractivity contribution in [3.05, 3.63) is 58.8 Å². The molecule has 3 aromatic rings. The Morgan fingerprint density at radius 1 is 1.24 bits per heavy atom. The minimum Gasteiger partial charge on any atom is -0.312 e. The van der Waals surface area contributed by atoms with Crippen LogP contribution in [0, 0.1) is 6.92 Å². The van der Waals surface area contributed by atoms with E-state index >= 15 is 0 Å². The van der Waals surface area contributed by atoms with Crippen LogP contribution in [-0.4, -0.2) is 14.5 Å². The van der Waals surface area contributed by atoms with E-state index in [9.17, 15) is 4.79 Å². The normalized spacial score (nSPS) is 10.9. The van der Waals surface area contributed by atoms with E-state index in [0.717, 1.165) is 11.3 Å². The third kappa shape index (κ3) is 1.45. The molecule has 1 N–H and O–H groups in total. The average molecular weight is 225 g/mol. The highest BCUT2D eigenvalue weighted by atomic mass is 16.1. The van der Waals surface area contributed by atoms with Crippen LogP contribution in [0.3, 0.4) is 0 Å². The zero-order valence-corrected chi connectivity index (χ0v) is 9.34. The number of aromatic amines is 1. The second kappa shape index (κ2) is 3.59. The highest BCUT2D eigenvalue weighted by Gasteiger charge is 2.10. The molecule has 0 aliphatic heterocycles. The number of aryl methyl sites for hydroxylation is 1. The van der Waals surface area contributed by atoms with Gasteiger partial charge >= 0.3 is 0 Å². The Bertz CT molecular complexity index is 725. The quantitative estimate of drug-likeness (QED) is 0.688. The van der Waals surface area contributed by atoms with Gasteiger partial charge in [0.05, 0.1) is 11.7 Å². The highest BCUT2D eigenvalue weighted by Crippen LogP contribution is 2.19. The van der Waals surface area contributed by atoms with Crippen molar-refractivity contribution in [1.29, 1.82) is 0 Å². The Morgan fingerprint density at radius 3 is 2.76 bits per heavy atom. The number of fused-ring (bicyclic) bond motifs is 1. The molecule has 0 bridgehead atoms. The minimum atomic E-state index is -0.0952. The minimum absolute atomic E-state index is 0.0952. The van der Waals surface area contributed by atoms with Gasteiger partial charge in [-0.15, -0.1) is 0 Å². The predicted octanol–water partition coefficient (Wildman–Crippen LogP) is 2.02. The summed E-state index contributed by atoms with van der Waals surface area (Å²) in [5.41, 5.74) is 2.53. The molecule has 4 heteroatoms. The van der Waals surface area contributed by atoms with Crippen LogP contribution in [0.1, 0.15) is 5.56 Å². The van der Waals surface area contributed by atoms with Gasteiger partial charge in [0.15, 0.2) is 5.65 Å². The molecule has 0 aliphatic carbocycles. The standard InChI is InChI=1S/C13H11N3O/c1-9-7-16(10-5-3-2-4-6-10)12-11(9)13(17)15-8-14-12/h2-8H,1H3,(H,14,15,17). The third-order valence-corrected chi connectivity index (χ3v) is 2.81. The van der Waals surface area contributed by atoms with E-state index < -0.39 is 0 Å². The van der Waals surface area contributed by atoms with Crippen molar-refractivity contribution < 1.29 is 0 Å². The van der Waals surface area contributed by atoms with Crippen LogP contribution < -0.4 is 5.56 Å². The first-order valence-corrected chi connectivity index (χ1v) is 5.38. The molecular weight excluding hydrogens is 214 g/mol. The Morgan fingerprint density at radius 2 is 2.00 bits per heavy atom. The highest BCUT2D eigenvalue weighted by molar-refractivity contribution is 5.80. The summed E-state index contributed by atoms with van der Waals surface area (Å²) in [6.45, 7) is 1.92. The lowest BCUT2D eigenvalue weighted by Gasteiger charge is -2.02. The number of hydrogen-bond acceptors (Lipinski definition) is 2. The monoisotopic (exact) mass is 225 g/mol. The predicted molar refractivity (Wildman–Crippen MR) is 66.4 cm³/mol. The summed E-state index contributed by atoms with van der Waals surface area (Å²) in [5.74, 6) is 0. The first kappa shape index (κ1) is 9.84. The van der Waals surface area contributed by atoms with Crippen LogP contribution in [0.2, 0.25) is 0 Å². The Kier molecular flexibility index (Phi) is 2.08. The van der Waals surface area contributed by atoms with Crippen LogP contribution in [0.4, 0.5) is 0 Å². The van der Waals surface area contributed by atoms with Gasteiger partial charge < -0.3 is 9.55 Å². The molecule has 0 atom stereocenters. The molecule has 17 heavy (non-hydrogen) atoms. The first-order chi connectivity index (χ1) is 8.27. The van der Waals surface area contributed by atoms with Gasteiger partial charge in [-0.3, -0.25) is 4.79 Å². The molecule has 0 unspecified atom stereocenters. The summed E-state index contributed by atoms with van der Waals surface area (Å²) in [7, 11) is 0. The lowest BCUT2D eigenvalue weighted by Crippen LogP contribution is -2.06. The van der Waals surface area contributed by atoms with Crippen molar-refractivity contribution in [2.45, 2.75) is 6.92 Å². The molecule has 84 valence electrons. The van der Waals surface area contributed by atoms with E-state index in [4.69, 9.17) is 0 Å². The van der Waals surface area contributed by atoms with E-state index in [0.29, 0.717) is 11.0 Å². The second-order valence-corrected chi connectivity index (χ2v) is 3.95. The van der Waals surface area contributed by atoms with Crippen molar-refractivity contribution in [3.8, 4) is 5.69 Å². The third-order valence-electron chi connectivity index (χ3n) is 2.81. The van der Waals surface area contributed by atoms with E-state index in [2.05, 4.69) is 9.97 Å². The number of hydrogen-bond donors (Lipinski definition) is 1. The smallest absolute Gasteiger partial charge is 0.260 e. The van der Waals surface area contributed by atoms with Crippen molar-refractivity contribution in [2.24, 2.45) is 0 Å². The number of nitrogens with one attached hydrogen (secondary N) is 1. The van der Waals surface area contributed by atoms with E-state index in [1.165, 1.54) is 6.33 Å². The van der Waals surface area contributed by atoms with Gasteiger partial charge in [-0.2, -0.15) is 0 Å². The molecule has 1 aromatic carbocycles. The average Bonchev–Trinajstić information content (AvgIpc) is 2.69. The lowest BCUT2D eigenvalue weighted by molar-refractivity contribution is 1.06. The van der Waals surface area contributed by atoms with Gasteiger partial charge in [0.25, 0.3) is 5.56 Å². The molecule has 0 saturated heterocycles. The maximum Gasteiger partial charge on any atom is 0.260 e. The van der Waals surface area contributed by atoms with Crippen molar-refractivity contribution in [3.63, 3.8) is 0 Å². The summed E-state index contributed by atoms with van der Waals surface area (Å²) in [4.78, 5) is 18.6. The molecule has 0 fully saturated rings. The van der Waals surface area contributed by atoms with Gasteiger partial charge in [-0.25, -0.2) is 4.98 Å². The zero-order valence-electron chi connectivity index (χ0n) is 9.34. The molecule has 4 nitrogen and oxygen atoms in total. The number of para-hydroxylation sites is 1. The van der Waals surface area contributed by atoms with Crippen molar-refractivity contribution in [1.82, 2.24) is 14.5 Å². The Balaban J connectivity index is 2.40. The molecular formula is C13H11N3O. The largest absolute Gasteiger partial charge is 0.312 e. The second-order valence-electron chi connectivity index (χ2n) is 3.95. The van der Waals surface area contributed by atoms with Crippen molar-refractivity contribution >= 4 is 11.0 Å². The SMILES string of the molecule is Cc1cn(-c2ccccc2)c2nc[nH]c(=O)c12. The maximum absolute atomic E-state index is 11.7. The Labute approximate surface area is 97.6 Å². The summed E-state index contributed by atoms with van der Waals surface area (Å²) < 4.78 is 1.93. The molecule has 3 rings (SSSR count). The van der Waals surface area contributed by atoms with Crippen LogP contribution >= 0.6 is 0 Å². The van der Waals surface area contributed by atoms with E-state index in [-0.39, 0.29) is 5.56 Å². The first-order valence-electron chi connectivity index (χ1n) is 5.38. The summed E-state index contributed by atoms with van der Waals surface area (Å²) >= 11 is 0. The zero-order chi connectivity index (χ0) is 11.8. The Hall–Kier alpha value is -2.36. The maximum atomic E-state index is 11.7. The topological polar surface area (TPSA) is 50.7 Å². The van der Waals surface area contributed by atoms with E-state index in [1.807, 2.05) is 48.0 Å². The van der Waals surface area contributed by atoms with Crippen LogP contribution in [-0.2, 0) is 0 Å². The van der Waals surface area contributed by atoms with Gasteiger partial charge in [0.2, 0.25) is 0 Å². The number of rotatable bonds is 1. The van der Waals surface area contributed by atoms with Crippen LogP contribution in [0.5, 0.6) is 0 Å². The molecule has 2 aromatic heterocycles. The van der Waals surface area contributed by atoms with Gasteiger partial charge in [-0.05, 0) is 24.6 Å². The lowest BCUT2D eigenvalue weighted by atomic mass is 10.3. The molecule has 0 radical (unpaired) electrons. The number of nitrogens with zero attached hydrogens (tertiary/aromatic N) is 2. The molecule has 2 heterocycles. The fraction of sp³-hybridized carbons (Fsp3) is 0.0769. The van der Waals surface area contributed by atoms with E-state index in [1.54, 1.807) is 0 Å². The fourth-order valence-corrected chi connectivity index (χ4v) is 2.03. The molecule has 0 spiro atoms. The van der Waals surface area contributed by atoms with Crippen LogP contribution in [0.25, 0.3) is 16.7 Å². The summed E-state index contributed by atoms with van der Waals surface area (Å²) in [6.07, 6.45) is 3.37. The van der Waals surface area contributed by atoms with Gasteiger partial charge in [-0.1, -0.05) is 18.2 Å². The number of H-pyrrole nitrogens is 1. The number of aromatic nitrogens is 3. The summed E-state index contributed by atoms with van der Waals surface area (Å²) in [6, 6.07) is 9.86. The summed E-state index contributed by atoms with van der Waals surface area (Å²) in [5, 5.41) is 0.649.